The Morgan fingerprint density at radius 1 is 0.909 bits per heavy atom. The van der Waals surface area contributed by atoms with E-state index in [1.54, 1.807) is 18.2 Å². The summed E-state index contributed by atoms with van der Waals surface area (Å²) in [6, 6.07) is 21.5. The summed E-state index contributed by atoms with van der Waals surface area (Å²) in [6.07, 6.45) is 0.703. The molecule has 0 spiro atoms. The average molecular weight is 445 g/mol. The third kappa shape index (κ3) is 4.91. The smallest absolute Gasteiger partial charge is 0.270 e. The lowest BCUT2D eigenvalue weighted by Gasteiger charge is -2.27. The van der Waals surface area contributed by atoms with Crippen LogP contribution >= 0.6 is 0 Å². The van der Waals surface area contributed by atoms with Crippen LogP contribution in [0.4, 0.5) is 11.4 Å². The average Bonchev–Trinajstić information content (AvgIpc) is 3.13. The maximum absolute atomic E-state index is 12.9. The van der Waals surface area contributed by atoms with E-state index >= 15 is 0 Å². The number of nitrogens with zero attached hydrogens (tertiary/aromatic N) is 5. The molecule has 0 aromatic heterocycles. The monoisotopic (exact) mass is 445 g/mol. The minimum atomic E-state index is -0.674. The molecule has 0 saturated carbocycles. The van der Waals surface area contributed by atoms with Crippen LogP contribution in [0, 0.1) is 20.2 Å². The Kier molecular flexibility index (Phi) is 6.18. The number of hydrogen-bond acceptors (Lipinski definition) is 7. The highest BCUT2D eigenvalue weighted by Crippen LogP contribution is 2.34. The molecule has 3 aromatic rings. The Balaban J connectivity index is 1.70. The predicted molar refractivity (Wildman–Crippen MR) is 120 cm³/mol. The number of nitro groups is 2. The molecule has 0 bridgehead atoms. The summed E-state index contributed by atoms with van der Waals surface area (Å²) in [5.74, 6) is -0.288. The van der Waals surface area contributed by atoms with Crippen molar-refractivity contribution in [1.82, 2.24) is 9.91 Å². The van der Waals surface area contributed by atoms with Gasteiger partial charge in [-0.2, -0.15) is 5.10 Å². The zero-order chi connectivity index (χ0) is 23.4. The van der Waals surface area contributed by atoms with Gasteiger partial charge in [0.2, 0.25) is 0 Å². The van der Waals surface area contributed by atoms with E-state index in [1.165, 1.54) is 41.6 Å². The molecule has 0 radical (unpaired) electrons. The van der Waals surface area contributed by atoms with Crippen LogP contribution < -0.4 is 0 Å². The topological polar surface area (TPSA) is 122 Å². The highest BCUT2D eigenvalue weighted by Gasteiger charge is 2.39. The fourth-order valence-electron chi connectivity index (χ4n) is 3.71. The number of carbonyl (C=O) groups excluding carboxylic acids is 1. The molecular weight excluding hydrogens is 426 g/mol. The molecule has 0 aliphatic carbocycles. The number of carbonyl (C=O) groups is 1. The zero-order valence-electron chi connectivity index (χ0n) is 17.4. The lowest BCUT2D eigenvalue weighted by Crippen LogP contribution is -2.28. The summed E-state index contributed by atoms with van der Waals surface area (Å²) < 4.78 is 0. The van der Waals surface area contributed by atoms with E-state index in [4.69, 9.17) is 0 Å². The summed E-state index contributed by atoms with van der Waals surface area (Å²) in [6.45, 7) is 0.497. The van der Waals surface area contributed by atoms with Crippen molar-refractivity contribution in [2.24, 2.45) is 5.10 Å². The molecule has 0 N–H and O–H groups in total. The highest BCUT2D eigenvalue weighted by atomic mass is 16.6. The molecule has 10 heteroatoms. The maximum Gasteiger partial charge on any atom is 0.270 e. The van der Waals surface area contributed by atoms with Crippen molar-refractivity contribution >= 4 is 23.5 Å². The van der Waals surface area contributed by atoms with Crippen LogP contribution in [0.3, 0.4) is 0 Å². The largest absolute Gasteiger partial charge is 0.271 e. The molecule has 4 rings (SSSR count). The number of amides is 1. The van der Waals surface area contributed by atoms with Crippen molar-refractivity contribution in [2.45, 2.75) is 12.7 Å². The van der Waals surface area contributed by atoms with Crippen LogP contribution in [0.25, 0.3) is 0 Å². The Labute approximate surface area is 188 Å². The fraction of sp³-hybridized carbons (Fsp3) is 0.130. The maximum atomic E-state index is 12.9. The first-order chi connectivity index (χ1) is 15.9. The van der Waals surface area contributed by atoms with Crippen molar-refractivity contribution in [3.05, 3.63) is 116 Å². The molecule has 1 unspecified atom stereocenters. The van der Waals surface area contributed by atoms with Crippen LogP contribution in [0.15, 0.2) is 84.0 Å². The lowest BCUT2D eigenvalue weighted by atomic mass is 10.1. The third-order valence-electron chi connectivity index (χ3n) is 5.19. The van der Waals surface area contributed by atoms with Gasteiger partial charge in [-0.1, -0.05) is 54.6 Å². The first-order valence-electron chi connectivity index (χ1n) is 10.1. The molecule has 1 saturated heterocycles. The molecular formula is C23H19N5O5. The van der Waals surface area contributed by atoms with Crippen LogP contribution in [-0.4, -0.2) is 38.4 Å². The molecule has 166 valence electrons. The van der Waals surface area contributed by atoms with E-state index < -0.39 is 16.0 Å². The Morgan fingerprint density at radius 3 is 2.27 bits per heavy atom. The second kappa shape index (κ2) is 9.37. The van der Waals surface area contributed by atoms with E-state index in [9.17, 15) is 25.0 Å². The molecule has 3 aromatic carbocycles. The predicted octanol–water partition coefficient (Wildman–Crippen LogP) is 3.88. The molecule has 1 amide bonds. The van der Waals surface area contributed by atoms with E-state index in [0.29, 0.717) is 17.7 Å². The standard InChI is InChI=1S/C23H19N5O5/c29-22-16-25(15-17-6-2-1-3-7-17)23(19-9-5-11-21(13-19)28(32)33)26(22)24-14-18-8-4-10-20(12-18)27(30)31/h1-14,23H,15-16H2. The van der Waals surface area contributed by atoms with Crippen molar-refractivity contribution < 1.29 is 14.6 Å². The molecule has 1 fully saturated rings. The first-order valence-corrected chi connectivity index (χ1v) is 10.1. The van der Waals surface area contributed by atoms with Gasteiger partial charge >= 0.3 is 0 Å². The van der Waals surface area contributed by atoms with E-state index in [0.717, 1.165) is 5.56 Å². The Hall–Kier alpha value is -4.44. The molecule has 1 heterocycles. The van der Waals surface area contributed by atoms with Crippen LogP contribution in [0.2, 0.25) is 0 Å². The van der Waals surface area contributed by atoms with Crippen LogP contribution in [-0.2, 0) is 11.3 Å². The zero-order valence-corrected chi connectivity index (χ0v) is 17.4. The van der Waals surface area contributed by atoms with Crippen molar-refractivity contribution in [2.75, 3.05) is 6.54 Å². The van der Waals surface area contributed by atoms with E-state index in [-0.39, 0.29) is 23.8 Å². The van der Waals surface area contributed by atoms with Gasteiger partial charge < -0.3 is 0 Å². The van der Waals surface area contributed by atoms with Gasteiger partial charge in [0.05, 0.1) is 22.6 Å². The van der Waals surface area contributed by atoms with Crippen molar-refractivity contribution in [3.8, 4) is 0 Å². The summed E-state index contributed by atoms with van der Waals surface area (Å²) in [7, 11) is 0. The van der Waals surface area contributed by atoms with Gasteiger partial charge in [0.1, 0.15) is 6.17 Å². The number of hydrogen-bond donors (Lipinski definition) is 0. The summed E-state index contributed by atoms with van der Waals surface area (Å²) in [5, 5.41) is 27.9. The van der Waals surface area contributed by atoms with E-state index in [1.807, 2.05) is 35.2 Å². The normalized spacial score (nSPS) is 16.4. The Bertz CT molecular complexity index is 1230. The summed E-state index contributed by atoms with van der Waals surface area (Å²) >= 11 is 0. The molecule has 1 aliphatic rings. The van der Waals surface area contributed by atoms with Gasteiger partial charge in [-0.05, 0) is 11.1 Å². The molecule has 10 nitrogen and oxygen atoms in total. The number of non-ortho nitro benzene ring substituents is 2. The van der Waals surface area contributed by atoms with Gasteiger partial charge in [0.25, 0.3) is 17.3 Å². The molecule has 1 aliphatic heterocycles. The Morgan fingerprint density at radius 2 is 1.58 bits per heavy atom. The second-order valence-electron chi connectivity index (χ2n) is 7.45. The summed E-state index contributed by atoms with van der Waals surface area (Å²) in [5.41, 5.74) is 1.80. The van der Waals surface area contributed by atoms with Gasteiger partial charge in [-0.3, -0.25) is 29.9 Å². The number of rotatable bonds is 7. The van der Waals surface area contributed by atoms with Gasteiger partial charge in [0.15, 0.2) is 0 Å². The summed E-state index contributed by atoms with van der Waals surface area (Å²) in [4.78, 5) is 36.1. The van der Waals surface area contributed by atoms with Gasteiger partial charge in [0, 0.05) is 36.4 Å². The van der Waals surface area contributed by atoms with Crippen molar-refractivity contribution in [1.29, 1.82) is 0 Å². The second-order valence-corrected chi connectivity index (χ2v) is 7.45. The number of hydrazone groups is 1. The van der Waals surface area contributed by atoms with Gasteiger partial charge in [-0.15, -0.1) is 0 Å². The molecule has 1 atom stereocenters. The SMILES string of the molecule is O=C1CN(Cc2ccccc2)C(c2cccc([N+](=O)[O-])c2)N1N=Cc1cccc([N+](=O)[O-])c1. The fourth-order valence-corrected chi connectivity index (χ4v) is 3.71. The quantitative estimate of drug-likeness (QED) is 0.309. The number of benzene rings is 3. The first kappa shape index (κ1) is 21.8. The minimum Gasteiger partial charge on any atom is -0.271 e. The molecule has 33 heavy (non-hydrogen) atoms. The minimum absolute atomic E-state index is 0.0640. The highest BCUT2D eigenvalue weighted by molar-refractivity contribution is 5.85. The number of nitro benzene ring substituents is 2. The third-order valence-corrected chi connectivity index (χ3v) is 5.19. The van der Waals surface area contributed by atoms with Crippen LogP contribution in [0.5, 0.6) is 0 Å². The van der Waals surface area contributed by atoms with Crippen LogP contribution in [0.1, 0.15) is 22.9 Å². The van der Waals surface area contributed by atoms with Gasteiger partial charge in [-0.25, -0.2) is 5.01 Å². The van der Waals surface area contributed by atoms with Crippen molar-refractivity contribution in [3.63, 3.8) is 0 Å². The van der Waals surface area contributed by atoms with E-state index in [2.05, 4.69) is 5.10 Å². The lowest BCUT2D eigenvalue weighted by molar-refractivity contribution is -0.385.